The number of aliphatic carboxylic acids is 2. The van der Waals surface area contributed by atoms with Crippen molar-refractivity contribution in [2.75, 3.05) is 13.1 Å². The third-order valence-electron chi connectivity index (χ3n) is 3.53. The maximum atomic E-state index is 12.3. The SMILES string of the molecule is O=C(O)CN1C(=O)/C(=C/c2ccc(/C=C3\SC(=S)N(CC(=O)O)C3=O)s2)SC1=S. The Bertz CT molecular complexity index is 948. The van der Waals surface area contributed by atoms with Crippen LogP contribution in [0.2, 0.25) is 0 Å². The molecule has 2 N–H and O–H groups in total. The van der Waals surface area contributed by atoms with E-state index < -0.39 is 36.8 Å². The van der Waals surface area contributed by atoms with Gasteiger partial charge in [0, 0.05) is 9.75 Å². The maximum Gasteiger partial charge on any atom is 0.323 e. The molecule has 29 heavy (non-hydrogen) atoms. The van der Waals surface area contributed by atoms with Gasteiger partial charge in [-0.15, -0.1) is 11.3 Å². The number of carbonyl (C=O) groups is 4. The van der Waals surface area contributed by atoms with Gasteiger partial charge in [-0.1, -0.05) is 48.0 Å². The van der Waals surface area contributed by atoms with Gasteiger partial charge in [0.1, 0.15) is 21.7 Å². The van der Waals surface area contributed by atoms with Crippen LogP contribution in [0.15, 0.2) is 21.9 Å². The Morgan fingerprint density at radius 3 is 1.59 bits per heavy atom. The van der Waals surface area contributed by atoms with Crippen molar-refractivity contribution >= 4 is 104 Å². The van der Waals surface area contributed by atoms with Gasteiger partial charge in [-0.2, -0.15) is 0 Å². The molecule has 13 heteroatoms. The van der Waals surface area contributed by atoms with Crippen LogP contribution in [0.3, 0.4) is 0 Å². The normalized spacial score (nSPS) is 19.9. The molecule has 150 valence electrons. The van der Waals surface area contributed by atoms with Crippen molar-refractivity contribution in [2.24, 2.45) is 0 Å². The highest BCUT2D eigenvalue weighted by atomic mass is 32.2. The molecule has 2 saturated heterocycles. The van der Waals surface area contributed by atoms with Crippen LogP contribution in [0.4, 0.5) is 0 Å². The van der Waals surface area contributed by atoms with Gasteiger partial charge in [-0.3, -0.25) is 29.0 Å². The van der Waals surface area contributed by atoms with E-state index in [0.717, 1.165) is 33.3 Å². The molecular weight excluding hydrogens is 477 g/mol. The summed E-state index contributed by atoms with van der Waals surface area (Å²) in [5.74, 6) is -3.24. The Labute approximate surface area is 187 Å². The minimum Gasteiger partial charge on any atom is -0.480 e. The number of rotatable bonds is 6. The number of hydrogen-bond acceptors (Lipinski definition) is 9. The lowest BCUT2D eigenvalue weighted by Gasteiger charge is -2.10. The van der Waals surface area contributed by atoms with E-state index >= 15 is 0 Å². The van der Waals surface area contributed by atoms with Crippen LogP contribution in [0.1, 0.15) is 9.75 Å². The van der Waals surface area contributed by atoms with Gasteiger partial charge in [0.25, 0.3) is 11.8 Å². The van der Waals surface area contributed by atoms with Crippen LogP contribution in [-0.2, 0) is 19.2 Å². The van der Waals surface area contributed by atoms with E-state index in [1.807, 2.05) is 0 Å². The third kappa shape index (κ3) is 4.93. The second-order valence-electron chi connectivity index (χ2n) is 5.56. The molecule has 1 aromatic heterocycles. The Morgan fingerprint density at radius 1 is 0.862 bits per heavy atom. The molecular formula is C16H10N2O6S5. The summed E-state index contributed by atoms with van der Waals surface area (Å²) in [6, 6.07) is 3.50. The number of carboxylic acid groups (broad SMARTS) is 2. The monoisotopic (exact) mass is 486 g/mol. The average molecular weight is 487 g/mol. The maximum absolute atomic E-state index is 12.3. The number of carboxylic acids is 2. The van der Waals surface area contributed by atoms with Crippen LogP contribution >= 0.6 is 59.3 Å². The number of thiophene rings is 1. The minimum atomic E-state index is -1.15. The predicted molar refractivity (Wildman–Crippen MR) is 119 cm³/mol. The summed E-state index contributed by atoms with van der Waals surface area (Å²) in [6.45, 7) is -0.980. The first kappa shape index (κ1) is 21.6. The van der Waals surface area contributed by atoms with Crippen molar-refractivity contribution in [1.29, 1.82) is 0 Å². The van der Waals surface area contributed by atoms with E-state index in [1.165, 1.54) is 11.3 Å². The molecule has 8 nitrogen and oxygen atoms in total. The molecule has 0 unspecified atom stereocenters. The van der Waals surface area contributed by atoms with Gasteiger partial charge in [0.05, 0.1) is 9.81 Å². The first-order valence-corrected chi connectivity index (χ1v) is 11.0. The molecule has 0 atom stereocenters. The van der Waals surface area contributed by atoms with Crippen molar-refractivity contribution < 1.29 is 29.4 Å². The fraction of sp³-hybridized carbons (Fsp3) is 0.125. The van der Waals surface area contributed by atoms with Gasteiger partial charge in [-0.05, 0) is 24.3 Å². The fourth-order valence-corrected chi connectivity index (χ4v) is 5.86. The molecule has 2 fully saturated rings. The quantitative estimate of drug-likeness (QED) is 0.458. The second-order valence-corrected chi connectivity index (χ2v) is 10.1. The summed E-state index contributed by atoms with van der Waals surface area (Å²) in [7, 11) is 0. The van der Waals surface area contributed by atoms with E-state index in [9.17, 15) is 19.2 Å². The topological polar surface area (TPSA) is 115 Å². The Kier molecular flexibility index (Phi) is 6.53. The number of thioether (sulfide) groups is 2. The number of thiocarbonyl (C=S) groups is 2. The number of amides is 2. The molecule has 0 saturated carbocycles. The van der Waals surface area contributed by atoms with E-state index in [-0.39, 0.29) is 8.64 Å². The van der Waals surface area contributed by atoms with E-state index in [4.69, 9.17) is 34.6 Å². The Hall–Kier alpha value is -2.06. The molecule has 2 amide bonds. The highest BCUT2D eigenvalue weighted by Crippen LogP contribution is 2.36. The summed E-state index contributed by atoms with van der Waals surface area (Å²) in [6.07, 6.45) is 3.22. The van der Waals surface area contributed by atoms with Crippen LogP contribution in [-0.4, -0.2) is 65.5 Å². The molecule has 0 radical (unpaired) electrons. The summed E-state index contributed by atoms with van der Waals surface area (Å²) in [5, 5.41) is 17.7. The van der Waals surface area contributed by atoms with Gasteiger partial charge in [0.2, 0.25) is 0 Å². The molecule has 0 aromatic carbocycles. The van der Waals surface area contributed by atoms with Crippen molar-refractivity contribution in [3.8, 4) is 0 Å². The standard InChI is InChI=1S/C16H10N2O6S5/c19-11(20)5-17-13(23)9(28-15(17)25)3-7-1-2-8(27-7)4-10-14(24)18(6-12(21)22)16(26)29-10/h1-4H,5-6H2,(H,19,20)(H,21,22)/b9-3-,10-4-. The summed E-state index contributed by atoms with van der Waals surface area (Å²) in [4.78, 5) is 50.4. The predicted octanol–water partition coefficient (Wildman–Crippen LogP) is 2.32. The third-order valence-corrected chi connectivity index (χ3v) is 7.26. The molecule has 3 rings (SSSR count). The van der Waals surface area contributed by atoms with Gasteiger partial charge in [0.15, 0.2) is 0 Å². The lowest BCUT2D eigenvalue weighted by Crippen LogP contribution is -2.33. The largest absolute Gasteiger partial charge is 0.480 e. The van der Waals surface area contributed by atoms with Gasteiger partial charge < -0.3 is 10.2 Å². The molecule has 0 bridgehead atoms. The van der Waals surface area contributed by atoms with Gasteiger partial charge in [-0.25, -0.2) is 0 Å². The summed E-state index contributed by atoms with van der Waals surface area (Å²) in [5.41, 5.74) is 0. The van der Waals surface area contributed by atoms with Crippen molar-refractivity contribution in [3.05, 3.63) is 31.7 Å². The molecule has 2 aliphatic rings. The zero-order chi connectivity index (χ0) is 21.3. The van der Waals surface area contributed by atoms with Crippen LogP contribution in [0.5, 0.6) is 0 Å². The van der Waals surface area contributed by atoms with Crippen molar-refractivity contribution in [1.82, 2.24) is 9.80 Å². The van der Waals surface area contributed by atoms with E-state index in [0.29, 0.717) is 19.6 Å². The second kappa shape index (κ2) is 8.75. The van der Waals surface area contributed by atoms with Crippen LogP contribution < -0.4 is 0 Å². The molecule has 0 aliphatic carbocycles. The number of nitrogens with zero attached hydrogens (tertiary/aromatic N) is 2. The smallest absolute Gasteiger partial charge is 0.323 e. The molecule has 1 aromatic rings. The van der Waals surface area contributed by atoms with Gasteiger partial charge >= 0.3 is 11.9 Å². The lowest BCUT2D eigenvalue weighted by molar-refractivity contribution is -0.140. The van der Waals surface area contributed by atoms with Crippen LogP contribution in [0, 0.1) is 0 Å². The summed E-state index contributed by atoms with van der Waals surface area (Å²) < 4.78 is 0.366. The zero-order valence-corrected chi connectivity index (χ0v) is 18.3. The molecule has 3 heterocycles. The first-order valence-electron chi connectivity index (χ1n) is 7.70. The highest BCUT2D eigenvalue weighted by Gasteiger charge is 2.34. The van der Waals surface area contributed by atoms with E-state index in [2.05, 4.69) is 0 Å². The Morgan fingerprint density at radius 2 is 1.24 bits per heavy atom. The lowest BCUT2D eigenvalue weighted by atomic mass is 10.3. The Balaban J connectivity index is 1.77. The minimum absolute atomic E-state index is 0.183. The molecule has 0 spiro atoms. The van der Waals surface area contributed by atoms with Crippen molar-refractivity contribution in [2.45, 2.75) is 0 Å². The average Bonchev–Trinajstić information content (AvgIpc) is 3.25. The van der Waals surface area contributed by atoms with E-state index in [1.54, 1.807) is 24.3 Å². The first-order chi connectivity index (χ1) is 13.7. The number of carbonyl (C=O) groups excluding carboxylic acids is 2. The fourth-order valence-electron chi connectivity index (χ4n) is 2.33. The molecule has 2 aliphatic heterocycles. The number of hydrogen-bond donors (Lipinski definition) is 2. The highest BCUT2D eigenvalue weighted by molar-refractivity contribution is 8.27. The van der Waals surface area contributed by atoms with Crippen LogP contribution in [0.25, 0.3) is 12.2 Å². The summed E-state index contributed by atoms with van der Waals surface area (Å²) >= 11 is 13.5. The zero-order valence-electron chi connectivity index (χ0n) is 14.2. The van der Waals surface area contributed by atoms with Crippen molar-refractivity contribution in [3.63, 3.8) is 0 Å².